The van der Waals surface area contributed by atoms with Gasteiger partial charge in [0.2, 0.25) is 0 Å². The van der Waals surface area contributed by atoms with E-state index in [1.165, 1.54) is 5.56 Å². The van der Waals surface area contributed by atoms with Gasteiger partial charge in [0.05, 0.1) is 0 Å². The van der Waals surface area contributed by atoms with Gasteiger partial charge in [0.25, 0.3) is 0 Å². The van der Waals surface area contributed by atoms with Crippen molar-refractivity contribution in [3.05, 3.63) is 35.9 Å². The molecule has 0 aliphatic heterocycles. The summed E-state index contributed by atoms with van der Waals surface area (Å²) in [6.45, 7) is 0. The second kappa shape index (κ2) is 3.77. The van der Waals surface area contributed by atoms with Crippen LogP contribution in [0.15, 0.2) is 30.3 Å². The van der Waals surface area contributed by atoms with Gasteiger partial charge < -0.3 is 0 Å². The van der Waals surface area contributed by atoms with Crippen LogP contribution in [0.3, 0.4) is 0 Å². The van der Waals surface area contributed by atoms with Gasteiger partial charge in [-0.15, -0.1) is 0 Å². The zero-order chi connectivity index (χ0) is 7.40. The molecule has 0 spiro atoms. The van der Waals surface area contributed by atoms with Crippen molar-refractivity contribution in [3.63, 3.8) is 0 Å². The molecule has 0 saturated carbocycles. The molecule has 1 aromatic rings. The summed E-state index contributed by atoms with van der Waals surface area (Å²) in [7, 11) is 0. The molecule has 0 bridgehead atoms. The predicted octanol–water partition coefficient (Wildman–Crippen LogP) is 1.01. The Balaban J connectivity index is 2.75. The van der Waals surface area contributed by atoms with Gasteiger partial charge in [0.15, 0.2) is 0 Å². The van der Waals surface area contributed by atoms with Crippen molar-refractivity contribution in [1.29, 1.82) is 0 Å². The number of hydrogen-bond acceptors (Lipinski definition) is 1. The third-order valence-corrected chi connectivity index (χ3v) is 2.25. The van der Waals surface area contributed by atoms with Crippen molar-refractivity contribution in [2.45, 2.75) is 11.4 Å². The van der Waals surface area contributed by atoms with E-state index >= 15 is 0 Å². The Morgan fingerprint density at radius 1 is 1.30 bits per heavy atom. The molecule has 0 amide bonds. The Labute approximate surface area is 69.4 Å². The molecule has 0 aliphatic rings. The van der Waals surface area contributed by atoms with Crippen LogP contribution in [0.4, 0.5) is 0 Å². The molecule has 54 valence electrons. The molecule has 0 saturated heterocycles. The second-order valence-corrected chi connectivity index (χ2v) is 2.97. The fraction of sp³-hybridized carbons (Fsp3) is 0.250. The average molecular weight is 200 g/mol. The molecule has 2 heteroatoms. The first-order valence-corrected chi connectivity index (χ1v) is 4.58. The van der Waals surface area contributed by atoms with Crippen LogP contribution in [0, 0.1) is 0 Å². The molecule has 1 aromatic carbocycles. The van der Waals surface area contributed by atoms with Crippen molar-refractivity contribution in [3.8, 4) is 0 Å². The van der Waals surface area contributed by atoms with Gasteiger partial charge in [-0.05, 0) is 0 Å². The second-order valence-electron chi connectivity index (χ2n) is 2.20. The van der Waals surface area contributed by atoms with E-state index in [-0.39, 0.29) is 6.04 Å². The first-order valence-electron chi connectivity index (χ1n) is 3.26. The topological polar surface area (TPSA) is 26.0 Å². The Bertz CT molecular complexity index is 186. The summed E-state index contributed by atoms with van der Waals surface area (Å²) >= 11 is 2.51. The zero-order valence-corrected chi connectivity index (χ0v) is 7.57. The standard InChI is InChI=1S/C8H11NSe/c9-8(6-10)7-4-2-1-3-5-7/h1-5,8,10H,6,9H2. The minimum absolute atomic E-state index is 0.182. The summed E-state index contributed by atoms with van der Waals surface area (Å²) in [6.07, 6.45) is 0. The summed E-state index contributed by atoms with van der Waals surface area (Å²) in [5, 5.41) is 0.941. The molecule has 2 N–H and O–H groups in total. The molecule has 10 heavy (non-hydrogen) atoms. The SMILES string of the molecule is NC(C[SeH])c1ccccc1. The third kappa shape index (κ3) is 1.84. The summed E-state index contributed by atoms with van der Waals surface area (Å²) in [4.78, 5) is 0. The first kappa shape index (κ1) is 7.80. The van der Waals surface area contributed by atoms with Gasteiger partial charge in [-0.3, -0.25) is 0 Å². The van der Waals surface area contributed by atoms with Gasteiger partial charge in [0.1, 0.15) is 0 Å². The van der Waals surface area contributed by atoms with Crippen molar-refractivity contribution in [1.82, 2.24) is 0 Å². The van der Waals surface area contributed by atoms with Crippen molar-refractivity contribution in [2.75, 3.05) is 0 Å². The van der Waals surface area contributed by atoms with E-state index in [0.717, 1.165) is 5.32 Å². The molecule has 1 rings (SSSR count). The van der Waals surface area contributed by atoms with E-state index in [2.05, 4.69) is 28.1 Å². The van der Waals surface area contributed by atoms with E-state index in [9.17, 15) is 0 Å². The fourth-order valence-corrected chi connectivity index (χ4v) is 1.25. The molecule has 0 aliphatic carbocycles. The van der Waals surface area contributed by atoms with Gasteiger partial charge >= 0.3 is 69.0 Å². The van der Waals surface area contributed by atoms with E-state index in [0.29, 0.717) is 0 Å². The number of rotatable bonds is 2. The van der Waals surface area contributed by atoms with Gasteiger partial charge in [-0.1, -0.05) is 0 Å². The van der Waals surface area contributed by atoms with E-state index < -0.39 is 0 Å². The Kier molecular flexibility index (Phi) is 2.94. The molecule has 0 aromatic heterocycles. The molecule has 1 unspecified atom stereocenters. The van der Waals surface area contributed by atoms with E-state index in [1.807, 2.05) is 18.2 Å². The summed E-state index contributed by atoms with van der Waals surface area (Å²) in [5.74, 6) is 0. The average Bonchev–Trinajstić information content (AvgIpc) is 2.05. The summed E-state index contributed by atoms with van der Waals surface area (Å²) in [5.41, 5.74) is 6.99. The molecular formula is C8H11NSe. The number of benzene rings is 1. The van der Waals surface area contributed by atoms with Crippen LogP contribution in [0.5, 0.6) is 0 Å². The quantitative estimate of drug-likeness (QED) is 0.708. The maximum absolute atomic E-state index is 5.78. The van der Waals surface area contributed by atoms with E-state index in [4.69, 9.17) is 5.73 Å². The Morgan fingerprint density at radius 3 is 2.40 bits per heavy atom. The van der Waals surface area contributed by atoms with Crippen LogP contribution in [0.25, 0.3) is 0 Å². The van der Waals surface area contributed by atoms with E-state index in [1.54, 1.807) is 0 Å². The zero-order valence-electron chi connectivity index (χ0n) is 5.70. The summed E-state index contributed by atoms with van der Waals surface area (Å²) in [6, 6.07) is 10.3. The predicted molar refractivity (Wildman–Crippen MR) is 45.3 cm³/mol. The van der Waals surface area contributed by atoms with Gasteiger partial charge in [-0.25, -0.2) is 0 Å². The molecule has 0 fully saturated rings. The van der Waals surface area contributed by atoms with Gasteiger partial charge in [-0.2, -0.15) is 0 Å². The first-order chi connectivity index (χ1) is 4.84. The fourth-order valence-electron chi connectivity index (χ4n) is 0.806. The molecule has 0 heterocycles. The van der Waals surface area contributed by atoms with Crippen molar-refractivity contribution < 1.29 is 0 Å². The van der Waals surface area contributed by atoms with Crippen molar-refractivity contribution in [2.24, 2.45) is 5.73 Å². The monoisotopic (exact) mass is 201 g/mol. The van der Waals surface area contributed by atoms with Crippen LogP contribution in [-0.2, 0) is 0 Å². The third-order valence-electron chi connectivity index (χ3n) is 1.42. The normalized spacial score (nSPS) is 13.0. The van der Waals surface area contributed by atoms with Crippen LogP contribution in [0.1, 0.15) is 11.6 Å². The number of nitrogens with two attached hydrogens (primary N) is 1. The maximum atomic E-state index is 5.78. The molecular weight excluding hydrogens is 189 g/mol. The van der Waals surface area contributed by atoms with Gasteiger partial charge in [0, 0.05) is 0 Å². The van der Waals surface area contributed by atoms with Crippen LogP contribution >= 0.6 is 0 Å². The summed E-state index contributed by atoms with van der Waals surface area (Å²) < 4.78 is 0. The molecule has 1 nitrogen and oxygen atoms in total. The number of hydrogen-bond donors (Lipinski definition) is 1. The Morgan fingerprint density at radius 2 is 1.90 bits per heavy atom. The van der Waals surface area contributed by atoms with Crippen LogP contribution < -0.4 is 5.73 Å². The molecule has 0 radical (unpaired) electrons. The van der Waals surface area contributed by atoms with Crippen molar-refractivity contribution >= 4 is 16.0 Å². The van der Waals surface area contributed by atoms with Crippen LogP contribution in [-0.4, -0.2) is 16.0 Å². The minimum atomic E-state index is 0.182. The molecule has 1 atom stereocenters. The Hall–Kier alpha value is -0.301. The van der Waals surface area contributed by atoms with Crippen LogP contribution in [0.2, 0.25) is 5.32 Å².